The highest BCUT2D eigenvalue weighted by Gasteiger charge is 1.98. The predicted octanol–water partition coefficient (Wildman–Crippen LogP) is 2.17. The van der Waals surface area contributed by atoms with Crippen LogP contribution in [0.1, 0.15) is 19.4 Å². The maximum Gasteiger partial charge on any atom is 0.101 e. The first-order valence-corrected chi connectivity index (χ1v) is 5.54. The summed E-state index contributed by atoms with van der Waals surface area (Å²) in [6.07, 6.45) is 0. The van der Waals surface area contributed by atoms with Crippen molar-refractivity contribution in [3.05, 3.63) is 34.3 Å². The minimum Gasteiger partial charge on any atom is -0.342 e. The van der Waals surface area contributed by atoms with Crippen LogP contribution in [0, 0.1) is 5.92 Å². The van der Waals surface area contributed by atoms with Crippen molar-refractivity contribution in [2.45, 2.75) is 20.4 Å². The Bertz CT molecular complexity index is 258. The van der Waals surface area contributed by atoms with E-state index >= 15 is 0 Å². The molecule has 0 aromatic heterocycles. The topological polar surface area (TPSA) is 16.6 Å². The van der Waals surface area contributed by atoms with Gasteiger partial charge in [-0.25, -0.2) is 0 Å². The molecule has 0 atom stereocenters. The van der Waals surface area contributed by atoms with Gasteiger partial charge in [0.15, 0.2) is 0 Å². The van der Waals surface area contributed by atoms with E-state index in [-0.39, 0.29) is 0 Å². The molecule has 13 heavy (non-hydrogen) atoms. The number of hydrogen-bond donors (Lipinski definition) is 1. The molecule has 0 saturated carbocycles. The van der Waals surface area contributed by atoms with Gasteiger partial charge in [0.2, 0.25) is 0 Å². The minimum atomic E-state index is 0.771. The van der Waals surface area contributed by atoms with Crippen molar-refractivity contribution in [1.82, 2.24) is 0 Å². The van der Waals surface area contributed by atoms with Gasteiger partial charge in [0, 0.05) is 16.0 Å². The summed E-state index contributed by atoms with van der Waals surface area (Å²) in [4.78, 5) is 0. The SMILES string of the molecule is CC(C)C[NH2+]Cc1cccc(Br)c1. The van der Waals surface area contributed by atoms with Crippen LogP contribution < -0.4 is 5.32 Å². The zero-order valence-electron chi connectivity index (χ0n) is 8.26. The molecule has 2 heteroatoms. The second kappa shape index (κ2) is 5.40. The Labute approximate surface area is 88.7 Å². The second-order valence-corrected chi connectivity index (χ2v) is 4.67. The summed E-state index contributed by atoms with van der Waals surface area (Å²) in [7, 11) is 0. The monoisotopic (exact) mass is 242 g/mol. The normalized spacial score (nSPS) is 10.8. The summed E-state index contributed by atoms with van der Waals surface area (Å²) in [6.45, 7) is 6.78. The third kappa shape index (κ3) is 4.44. The van der Waals surface area contributed by atoms with Crippen LogP contribution in [0.2, 0.25) is 0 Å². The fourth-order valence-corrected chi connectivity index (χ4v) is 1.69. The molecule has 1 nitrogen and oxygen atoms in total. The number of halogens is 1. The number of benzene rings is 1. The van der Waals surface area contributed by atoms with E-state index in [9.17, 15) is 0 Å². The van der Waals surface area contributed by atoms with Crippen LogP contribution in [0.5, 0.6) is 0 Å². The largest absolute Gasteiger partial charge is 0.342 e. The second-order valence-electron chi connectivity index (χ2n) is 3.75. The first-order chi connectivity index (χ1) is 6.18. The van der Waals surface area contributed by atoms with Crippen molar-refractivity contribution < 1.29 is 5.32 Å². The van der Waals surface area contributed by atoms with Crippen LogP contribution >= 0.6 is 15.9 Å². The van der Waals surface area contributed by atoms with E-state index in [0.29, 0.717) is 0 Å². The number of rotatable bonds is 4. The van der Waals surface area contributed by atoms with Crippen LogP contribution in [-0.4, -0.2) is 6.54 Å². The molecule has 0 saturated heterocycles. The minimum absolute atomic E-state index is 0.771. The molecule has 1 rings (SSSR count). The summed E-state index contributed by atoms with van der Waals surface area (Å²) in [5.41, 5.74) is 1.38. The lowest BCUT2D eigenvalue weighted by Crippen LogP contribution is -2.83. The van der Waals surface area contributed by atoms with Gasteiger partial charge in [0.05, 0.1) is 6.54 Å². The highest BCUT2D eigenvalue weighted by molar-refractivity contribution is 9.10. The van der Waals surface area contributed by atoms with Gasteiger partial charge in [-0.1, -0.05) is 41.9 Å². The number of nitrogens with two attached hydrogens (primary N) is 1. The van der Waals surface area contributed by atoms with Crippen molar-refractivity contribution in [2.75, 3.05) is 6.54 Å². The van der Waals surface area contributed by atoms with Gasteiger partial charge >= 0.3 is 0 Å². The van der Waals surface area contributed by atoms with E-state index in [1.54, 1.807) is 0 Å². The van der Waals surface area contributed by atoms with Gasteiger partial charge in [-0.3, -0.25) is 0 Å². The molecule has 0 spiro atoms. The van der Waals surface area contributed by atoms with Gasteiger partial charge < -0.3 is 5.32 Å². The summed E-state index contributed by atoms with van der Waals surface area (Å²) in [5, 5.41) is 2.35. The molecule has 0 bridgehead atoms. The lowest BCUT2D eigenvalue weighted by molar-refractivity contribution is -0.675. The van der Waals surface area contributed by atoms with Crippen molar-refractivity contribution >= 4 is 15.9 Å². The van der Waals surface area contributed by atoms with Crippen LogP contribution in [0.15, 0.2) is 28.7 Å². The van der Waals surface area contributed by atoms with Gasteiger partial charge in [-0.15, -0.1) is 0 Å². The van der Waals surface area contributed by atoms with Gasteiger partial charge in [0.1, 0.15) is 6.54 Å². The molecule has 0 aliphatic carbocycles. The maximum absolute atomic E-state index is 3.47. The highest BCUT2D eigenvalue weighted by atomic mass is 79.9. The van der Waals surface area contributed by atoms with Crippen molar-refractivity contribution in [3.63, 3.8) is 0 Å². The first-order valence-electron chi connectivity index (χ1n) is 4.74. The predicted molar refractivity (Wildman–Crippen MR) is 59.5 cm³/mol. The molecule has 0 amide bonds. The van der Waals surface area contributed by atoms with E-state index in [2.05, 4.69) is 59.4 Å². The molecule has 1 aromatic carbocycles. The van der Waals surface area contributed by atoms with Crippen molar-refractivity contribution in [2.24, 2.45) is 5.92 Å². The van der Waals surface area contributed by atoms with E-state index in [4.69, 9.17) is 0 Å². The summed E-state index contributed by atoms with van der Waals surface area (Å²) in [6, 6.07) is 8.49. The molecule has 1 aromatic rings. The average molecular weight is 243 g/mol. The van der Waals surface area contributed by atoms with Crippen LogP contribution in [-0.2, 0) is 6.54 Å². The average Bonchev–Trinajstić information content (AvgIpc) is 2.03. The fraction of sp³-hybridized carbons (Fsp3) is 0.455. The molecule has 0 aliphatic heterocycles. The van der Waals surface area contributed by atoms with Gasteiger partial charge in [-0.2, -0.15) is 0 Å². The van der Waals surface area contributed by atoms with E-state index in [0.717, 1.165) is 12.5 Å². The lowest BCUT2D eigenvalue weighted by Gasteiger charge is -2.04. The molecule has 0 aliphatic rings. The quantitative estimate of drug-likeness (QED) is 0.834. The summed E-state index contributed by atoms with van der Waals surface area (Å²) < 4.78 is 1.17. The van der Waals surface area contributed by atoms with E-state index in [1.165, 1.54) is 16.6 Å². The van der Waals surface area contributed by atoms with E-state index < -0.39 is 0 Å². The zero-order valence-corrected chi connectivity index (χ0v) is 9.84. The van der Waals surface area contributed by atoms with E-state index in [1.807, 2.05) is 0 Å². The van der Waals surface area contributed by atoms with Gasteiger partial charge in [0.25, 0.3) is 0 Å². The molecule has 0 heterocycles. The Hall–Kier alpha value is -0.340. The molecule has 0 radical (unpaired) electrons. The number of hydrogen-bond acceptors (Lipinski definition) is 0. The molecule has 0 fully saturated rings. The Morgan fingerprint density at radius 1 is 1.38 bits per heavy atom. The standard InChI is InChI=1S/C11H16BrN/c1-9(2)7-13-8-10-4-3-5-11(12)6-10/h3-6,9,13H,7-8H2,1-2H3/p+1. The Kier molecular flexibility index (Phi) is 4.46. The Balaban J connectivity index is 2.37. The van der Waals surface area contributed by atoms with Crippen molar-refractivity contribution in [3.8, 4) is 0 Å². The van der Waals surface area contributed by atoms with Gasteiger partial charge in [-0.05, 0) is 12.1 Å². The van der Waals surface area contributed by atoms with Crippen molar-refractivity contribution in [1.29, 1.82) is 0 Å². The molecular formula is C11H17BrN+. The van der Waals surface area contributed by atoms with Crippen LogP contribution in [0.25, 0.3) is 0 Å². The van der Waals surface area contributed by atoms with Crippen LogP contribution in [0.4, 0.5) is 0 Å². The third-order valence-electron chi connectivity index (χ3n) is 1.91. The Morgan fingerprint density at radius 3 is 2.77 bits per heavy atom. The smallest absolute Gasteiger partial charge is 0.101 e. The summed E-state index contributed by atoms with van der Waals surface area (Å²) in [5.74, 6) is 0.771. The number of quaternary nitrogens is 1. The lowest BCUT2D eigenvalue weighted by atomic mass is 10.2. The van der Waals surface area contributed by atoms with Crippen LogP contribution in [0.3, 0.4) is 0 Å². The summed E-state index contributed by atoms with van der Waals surface area (Å²) >= 11 is 3.47. The molecular weight excluding hydrogens is 226 g/mol. The highest BCUT2D eigenvalue weighted by Crippen LogP contribution is 2.10. The first kappa shape index (κ1) is 10.7. The Morgan fingerprint density at radius 2 is 2.15 bits per heavy atom. The fourth-order valence-electron chi connectivity index (χ4n) is 1.25. The molecule has 0 unspecified atom stereocenters. The zero-order chi connectivity index (χ0) is 9.68. The molecule has 2 N–H and O–H groups in total. The maximum atomic E-state index is 3.47. The third-order valence-corrected chi connectivity index (χ3v) is 2.40. The molecule has 72 valence electrons.